The Labute approximate surface area is 168 Å². The van der Waals surface area contributed by atoms with Crippen molar-refractivity contribution in [3.05, 3.63) is 11.4 Å². The van der Waals surface area contributed by atoms with Gasteiger partial charge in [0.2, 0.25) is 0 Å². The second kappa shape index (κ2) is 12.1. The zero-order valence-electron chi connectivity index (χ0n) is 18.5. The monoisotopic (exact) mass is 400 g/mol. The molecule has 0 saturated heterocycles. The van der Waals surface area contributed by atoms with Crippen LogP contribution in [-0.4, -0.2) is 47.9 Å². The maximum atomic E-state index is 12.9. The zero-order valence-corrected chi connectivity index (χ0v) is 18.5. The molecule has 0 aromatic carbocycles. The molecule has 9 nitrogen and oxygen atoms in total. The zero-order chi connectivity index (χ0) is 22.0. The van der Waals surface area contributed by atoms with Gasteiger partial charge < -0.3 is 20.1 Å². The van der Waals surface area contributed by atoms with Crippen LogP contribution in [0.4, 0.5) is 9.59 Å². The molecule has 3 N–H and O–H groups in total. The summed E-state index contributed by atoms with van der Waals surface area (Å²) in [6.07, 6.45) is -2.62. The number of nitrogens with zero attached hydrogens (tertiary/aromatic N) is 1. The fraction of sp³-hybridized carbons (Fsp3) is 0.737. The number of hydrogen-bond acceptors (Lipinski definition) is 6. The van der Waals surface area contributed by atoms with E-state index in [-0.39, 0.29) is 17.7 Å². The maximum Gasteiger partial charge on any atom is 0.434 e. The van der Waals surface area contributed by atoms with Gasteiger partial charge >= 0.3 is 12.2 Å². The molecule has 3 amide bonds. The van der Waals surface area contributed by atoms with Gasteiger partial charge in [-0.15, -0.1) is 0 Å². The first kappa shape index (κ1) is 25.6. The van der Waals surface area contributed by atoms with Crippen LogP contribution in [0.15, 0.2) is 11.4 Å². The van der Waals surface area contributed by atoms with Crippen LogP contribution in [0, 0.1) is 5.92 Å². The lowest BCUT2D eigenvalue weighted by molar-refractivity contribution is -0.119. The molecule has 0 atom stereocenters. The molecule has 0 radical (unpaired) electrons. The summed E-state index contributed by atoms with van der Waals surface area (Å²) in [6, 6.07) is -0.00140. The van der Waals surface area contributed by atoms with Gasteiger partial charge in [-0.05, 0) is 54.4 Å². The highest BCUT2D eigenvalue weighted by molar-refractivity contribution is 5.97. The molecule has 0 aliphatic heterocycles. The topological polar surface area (TPSA) is 109 Å². The van der Waals surface area contributed by atoms with E-state index < -0.39 is 30.3 Å². The largest absolute Gasteiger partial charge is 0.446 e. The van der Waals surface area contributed by atoms with E-state index in [1.165, 1.54) is 0 Å². The molecule has 162 valence electrons. The number of allylic oxidation sites excluding steroid dienone is 1. The number of carbonyl (C=O) groups excluding carboxylic acids is 3. The van der Waals surface area contributed by atoms with Gasteiger partial charge in [-0.2, -0.15) is 5.01 Å². The number of amides is 3. The Balaban J connectivity index is 5.99. The summed E-state index contributed by atoms with van der Waals surface area (Å²) in [4.78, 5) is 37.6. The Morgan fingerprint density at radius 2 is 1.43 bits per heavy atom. The first-order valence-electron chi connectivity index (χ1n) is 9.58. The average Bonchev–Trinajstić information content (AvgIpc) is 2.49. The summed E-state index contributed by atoms with van der Waals surface area (Å²) in [6.45, 7) is 16.4. The lowest BCUT2D eigenvalue weighted by Crippen LogP contribution is -2.51. The molecule has 0 saturated carbocycles. The van der Waals surface area contributed by atoms with Crippen molar-refractivity contribution >= 4 is 18.1 Å². The molecule has 0 unspecified atom stereocenters. The van der Waals surface area contributed by atoms with Gasteiger partial charge in [-0.25, -0.2) is 15.0 Å². The van der Waals surface area contributed by atoms with Crippen molar-refractivity contribution in [3.63, 3.8) is 0 Å². The summed E-state index contributed by atoms with van der Waals surface area (Å²) in [5.74, 6) is -0.316. The van der Waals surface area contributed by atoms with Gasteiger partial charge in [0.05, 0.1) is 12.2 Å². The van der Waals surface area contributed by atoms with Crippen LogP contribution < -0.4 is 16.1 Å². The normalized spacial score (nSPS) is 12.0. The van der Waals surface area contributed by atoms with Crippen LogP contribution in [0.25, 0.3) is 0 Å². The summed E-state index contributed by atoms with van der Waals surface area (Å²) >= 11 is 0. The maximum absolute atomic E-state index is 12.9. The molecule has 0 bridgehead atoms. The minimum Gasteiger partial charge on any atom is -0.446 e. The third-order valence-electron chi connectivity index (χ3n) is 3.03. The third kappa shape index (κ3) is 10.0. The second-order valence-corrected chi connectivity index (χ2v) is 7.71. The first-order chi connectivity index (χ1) is 12.8. The van der Waals surface area contributed by atoms with Crippen LogP contribution in [0.5, 0.6) is 0 Å². The van der Waals surface area contributed by atoms with Crippen molar-refractivity contribution in [1.29, 1.82) is 0 Å². The van der Waals surface area contributed by atoms with Crippen molar-refractivity contribution in [2.45, 2.75) is 80.6 Å². The lowest BCUT2D eigenvalue weighted by atomic mass is 10.2. The molecule has 28 heavy (non-hydrogen) atoms. The summed E-state index contributed by atoms with van der Waals surface area (Å²) in [7, 11) is 0. The van der Waals surface area contributed by atoms with Crippen molar-refractivity contribution in [2.24, 2.45) is 5.92 Å². The van der Waals surface area contributed by atoms with Gasteiger partial charge in [0, 0.05) is 18.3 Å². The van der Waals surface area contributed by atoms with E-state index in [0.717, 1.165) is 5.01 Å². The number of ether oxygens (including phenoxy) is 2. The van der Waals surface area contributed by atoms with Crippen LogP contribution in [-0.2, 0) is 14.3 Å². The average molecular weight is 401 g/mol. The number of carbonyl (C=O) groups is 3. The Morgan fingerprint density at radius 1 is 0.893 bits per heavy atom. The Bertz CT molecular complexity index is 571. The van der Waals surface area contributed by atoms with E-state index >= 15 is 0 Å². The first-order valence-corrected chi connectivity index (χ1v) is 9.58. The SMILES string of the molecule is C/C(NC(C)C)=C(\C(=O)NCC(C)C)N(NC(=O)OC(C)C)C(=O)OC(C)C. The molecule has 0 aliphatic carbocycles. The smallest absolute Gasteiger partial charge is 0.434 e. The molecular weight excluding hydrogens is 364 g/mol. The third-order valence-corrected chi connectivity index (χ3v) is 3.03. The summed E-state index contributed by atoms with van der Waals surface area (Å²) in [5, 5.41) is 6.63. The van der Waals surface area contributed by atoms with Crippen LogP contribution in [0.3, 0.4) is 0 Å². The molecule has 0 aromatic heterocycles. The minimum absolute atomic E-state index is 0.00140. The van der Waals surface area contributed by atoms with Crippen LogP contribution in [0.1, 0.15) is 62.3 Å². The van der Waals surface area contributed by atoms with E-state index in [1.807, 2.05) is 27.7 Å². The minimum atomic E-state index is -0.893. The molecule has 0 aliphatic rings. The van der Waals surface area contributed by atoms with Gasteiger partial charge in [0.25, 0.3) is 5.91 Å². The second-order valence-electron chi connectivity index (χ2n) is 7.71. The molecular formula is C19H36N4O5. The predicted octanol–water partition coefficient (Wildman–Crippen LogP) is 2.88. The Morgan fingerprint density at radius 3 is 1.86 bits per heavy atom. The van der Waals surface area contributed by atoms with Crippen molar-refractivity contribution in [1.82, 2.24) is 21.1 Å². The molecule has 0 aromatic rings. The number of rotatable bonds is 8. The van der Waals surface area contributed by atoms with Gasteiger partial charge in [-0.3, -0.25) is 4.79 Å². The number of hydrogen-bond donors (Lipinski definition) is 3. The predicted molar refractivity (Wildman–Crippen MR) is 107 cm³/mol. The van der Waals surface area contributed by atoms with E-state index in [2.05, 4.69) is 16.1 Å². The van der Waals surface area contributed by atoms with Crippen molar-refractivity contribution in [2.75, 3.05) is 6.54 Å². The molecule has 0 heterocycles. The standard InChI is InChI=1S/C19H36N4O5/c1-11(2)10-20-17(24)16(15(9)21-12(3)4)23(19(26)28-14(7)8)22-18(25)27-13(5)6/h11-14,21H,10H2,1-9H3,(H,20,24)(H,22,25)/b16-15-. The molecule has 0 fully saturated rings. The fourth-order valence-corrected chi connectivity index (χ4v) is 2.10. The molecule has 0 spiro atoms. The summed E-state index contributed by atoms with van der Waals surface area (Å²) in [5.41, 5.74) is 2.65. The van der Waals surface area contributed by atoms with E-state index in [4.69, 9.17) is 9.47 Å². The Hall–Kier alpha value is -2.45. The van der Waals surface area contributed by atoms with Crippen molar-refractivity contribution in [3.8, 4) is 0 Å². The van der Waals surface area contributed by atoms with E-state index in [9.17, 15) is 14.4 Å². The highest BCUT2D eigenvalue weighted by atomic mass is 16.6. The highest BCUT2D eigenvalue weighted by Crippen LogP contribution is 2.12. The van der Waals surface area contributed by atoms with E-state index in [0.29, 0.717) is 12.2 Å². The quantitative estimate of drug-likeness (QED) is 0.427. The van der Waals surface area contributed by atoms with Crippen LogP contribution in [0.2, 0.25) is 0 Å². The highest BCUT2D eigenvalue weighted by Gasteiger charge is 2.30. The number of nitrogens with one attached hydrogen (secondary N) is 3. The lowest BCUT2D eigenvalue weighted by Gasteiger charge is -2.28. The van der Waals surface area contributed by atoms with Gasteiger partial charge in [0.1, 0.15) is 0 Å². The van der Waals surface area contributed by atoms with Gasteiger partial charge in [0.15, 0.2) is 5.70 Å². The van der Waals surface area contributed by atoms with Gasteiger partial charge in [-0.1, -0.05) is 13.8 Å². The molecule has 0 rings (SSSR count). The van der Waals surface area contributed by atoms with Crippen LogP contribution >= 0.6 is 0 Å². The number of hydrazine groups is 1. The Kier molecular flexibility index (Phi) is 11.0. The summed E-state index contributed by atoms with van der Waals surface area (Å²) < 4.78 is 10.3. The molecule has 9 heteroatoms. The van der Waals surface area contributed by atoms with Crippen molar-refractivity contribution < 1.29 is 23.9 Å². The fourth-order valence-electron chi connectivity index (χ4n) is 2.10. The van der Waals surface area contributed by atoms with E-state index in [1.54, 1.807) is 34.6 Å².